The molecule has 108 valence electrons. The first-order valence-corrected chi connectivity index (χ1v) is 7.00. The van der Waals surface area contributed by atoms with Gasteiger partial charge in [-0.3, -0.25) is 14.6 Å². The fourth-order valence-corrected chi connectivity index (χ4v) is 2.40. The molecule has 0 aromatic carbocycles. The van der Waals surface area contributed by atoms with Gasteiger partial charge in [0.1, 0.15) is 0 Å². The van der Waals surface area contributed by atoms with Gasteiger partial charge in [-0.1, -0.05) is 19.9 Å². The lowest BCUT2D eigenvalue weighted by Gasteiger charge is -2.18. The minimum Gasteiger partial charge on any atom is -0.352 e. The molecule has 2 rings (SSSR count). The Morgan fingerprint density at radius 1 is 1.55 bits per heavy atom. The molecule has 1 atom stereocenters. The van der Waals surface area contributed by atoms with Gasteiger partial charge in [0.05, 0.1) is 5.92 Å². The number of hydrogen-bond donors (Lipinski definition) is 1. The van der Waals surface area contributed by atoms with E-state index < -0.39 is 0 Å². The van der Waals surface area contributed by atoms with E-state index in [1.165, 1.54) is 0 Å². The summed E-state index contributed by atoms with van der Waals surface area (Å²) in [7, 11) is 0. The molecule has 0 unspecified atom stereocenters. The zero-order valence-electron chi connectivity index (χ0n) is 12.0. The van der Waals surface area contributed by atoms with Crippen LogP contribution in [-0.2, 0) is 16.1 Å². The Morgan fingerprint density at radius 2 is 2.35 bits per heavy atom. The minimum atomic E-state index is -0.224. The summed E-state index contributed by atoms with van der Waals surface area (Å²) in [5, 5.41) is 2.88. The van der Waals surface area contributed by atoms with Crippen molar-refractivity contribution in [1.29, 1.82) is 0 Å². The summed E-state index contributed by atoms with van der Waals surface area (Å²) in [5.74, 6) is 0.239. The quantitative estimate of drug-likeness (QED) is 0.878. The predicted octanol–water partition coefficient (Wildman–Crippen LogP) is 1.20. The Hall–Kier alpha value is -1.91. The van der Waals surface area contributed by atoms with Gasteiger partial charge in [0.25, 0.3) is 0 Å². The van der Waals surface area contributed by atoms with Crippen LogP contribution in [0, 0.1) is 11.8 Å². The maximum absolute atomic E-state index is 12.1. The molecule has 5 heteroatoms. The van der Waals surface area contributed by atoms with Crippen LogP contribution in [0.1, 0.15) is 25.8 Å². The number of carbonyl (C=O) groups excluding carboxylic acids is 2. The van der Waals surface area contributed by atoms with E-state index in [9.17, 15) is 9.59 Å². The smallest absolute Gasteiger partial charge is 0.225 e. The second kappa shape index (κ2) is 6.50. The number of hydrogen-bond acceptors (Lipinski definition) is 3. The van der Waals surface area contributed by atoms with Crippen molar-refractivity contribution in [3.8, 4) is 0 Å². The molecule has 5 nitrogen and oxygen atoms in total. The van der Waals surface area contributed by atoms with Crippen LogP contribution in [-0.4, -0.2) is 34.8 Å². The highest BCUT2D eigenvalue weighted by Crippen LogP contribution is 2.19. The minimum absolute atomic E-state index is 0.0477. The summed E-state index contributed by atoms with van der Waals surface area (Å²) >= 11 is 0. The van der Waals surface area contributed by atoms with Gasteiger partial charge >= 0.3 is 0 Å². The number of nitrogens with one attached hydrogen (secondary N) is 1. The van der Waals surface area contributed by atoms with E-state index in [4.69, 9.17) is 0 Å². The Bertz CT molecular complexity index is 473. The second-order valence-electron chi connectivity index (χ2n) is 5.67. The molecular weight excluding hydrogens is 254 g/mol. The SMILES string of the molecule is CC(C)CN1C[C@@H](C(=O)NCc2cccnc2)CC1=O. The normalized spacial score (nSPS) is 18.6. The highest BCUT2D eigenvalue weighted by molar-refractivity contribution is 5.89. The molecule has 1 aromatic rings. The van der Waals surface area contributed by atoms with E-state index in [2.05, 4.69) is 24.1 Å². The first-order chi connectivity index (χ1) is 9.56. The maximum Gasteiger partial charge on any atom is 0.225 e. The summed E-state index contributed by atoms with van der Waals surface area (Å²) in [4.78, 5) is 29.7. The van der Waals surface area contributed by atoms with E-state index in [-0.39, 0.29) is 17.7 Å². The third-order valence-electron chi connectivity index (χ3n) is 3.36. The summed E-state index contributed by atoms with van der Waals surface area (Å²) in [6.45, 7) is 5.87. The number of likely N-dealkylation sites (tertiary alicyclic amines) is 1. The van der Waals surface area contributed by atoms with Crippen molar-refractivity contribution in [2.24, 2.45) is 11.8 Å². The van der Waals surface area contributed by atoms with Crippen LogP contribution in [0.5, 0.6) is 0 Å². The van der Waals surface area contributed by atoms with Gasteiger partial charge < -0.3 is 10.2 Å². The summed E-state index contributed by atoms with van der Waals surface area (Å²) < 4.78 is 0. The van der Waals surface area contributed by atoms with Crippen LogP contribution >= 0.6 is 0 Å². The molecule has 0 spiro atoms. The summed E-state index contributed by atoms with van der Waals surface area (Å²) in [5.41, 5.74) is 0.962. The molecule has 0 aliphatic carbocycles. The Morgan fingerprint density at radius 3 is 3.00 bits per heavy atom. The van der Waals surface area contributed by atoms with Gasteiger partial charge in [-0.25, -0.2) is 0 Å². The van der Waals surface area contributed by atoms with Gasteiger partial charge in [0.2, 0.25) is 11.8 Å². The summed E-state index contributed by atoms with van der Waals surface area (Å²) in [6, 6.07) is 3.75. The fourth-order valence-electron chi connectivity index (χ4n) is 2.40. The summed E-state index contributed by atoms with van der Waals surface area (Å²) in [6.07, 6.45) is 3.75. The van der Waals surface area contributed by atoms with E-state index in [0.717, 1.165) is 12.1 Å². The molecule has 1 aliphatic heterocycles. The zero-order chi connectivity index (χ0) is 14.5. The zero-order valence-corrected chi connectivity index (χ0v) is 12.0. The van der Waals surface area contributed by atoms with Crippen molar-refractivity contribution in [3.05, 3.63) is 30.1 Å². The second-order valence-corrected chi connectivity index (χ2v) is 5.67. The first kappa shape index (κ1) is 14.5. The van der Waals surface area contributed by atoms with Crippen LogP contribution in [0.4, 0.5) is 0 Å². The molecule has 1 fully saturated rings. The fraction of sp³-hybridized carbons (Fsp3) is 0.533. The van der Waals surface area contributed by atoms with Crippen molar-refractivity contribution in [2.75, 3.05) is 13.1 Å². The number of pyridine rings is 1. The van der Waals surface area contributed by atoms with E-state index in [0.29, 0.717) is 25.4 Å². The highest BCUT2D eigenvalue weighted by atomic mass is 16.2. The molecule has 20 heavy (non-hydrogen) atoms. The van der Waals surface area contributed by atoms with E-state index in [1.807, 2.05) is 12.1 Å². The van der Waals surface area contributed by atoms with Crippen molar-refractivity contribution in [1.82, 2.24) is 15.2 Å². The van der Waals surface area contributed by atoms with Gasteiger partial charge in [-0.15, -0.1) is 0 Å². The topological polar surface area (TPSA) is 62.3 Å². The van der Waals surface area contributed by atoms with Crippen molar-refractivity contribution in [3.63, 3.8) is 0 Å². The third kappa shape index (κ3) is 3.79. The van der Waals surface area contributed by atoms with Crippen LogP contribution in [0.15, 0.2) is 24.5 Å². The van der Waals surface area contributed by atoms with Crippen LogP contribution < -0.4 is 5.32 Å². The van der Waals surface area contributed by atoms with E-state index in [1.54, 1.807) is 17.3 Å². The average molecular weight is 275 g/mol. The molecule has 0 saturated carbocycles. The predicted molar refractivity (Wildman–Crippen MR) is 75.6 cm³/mol. The largest absolute Gasteiger partial charge is 0.352 e. The molecule has 1 aliphatic rings. The number of rotatable bonds is 5. The molecule has 1 aromatic heterocycles. The van der Waals surface area contributed by atoms with E-state index >= 15 is 0 Å². The van der Waals surface area contributed by atoms with Crippen molar-refractivity contribution in [2.45, 2.75) is 26.8 Å². The van der Waals surface area contributed by atoms with Gasteiger partial charge in [0.15, 0.2) is 0 Å². The molecule has 1 N–H and O–H groups in total. The molecule has 2 heterocycles. The standard InChI is InChI=1S/C15H21N3O2/c1-11(2)9-18-10-13(6-14(18)19)15(20)17-8-12-4-3-5-16-7-12/h3-5,7,11,13H,6,8-10H2,1-2H3,(H,17,20)/t13-/m0/s1. The monoisotopic (exact) mass is 275 g/mol. The Labute approximate surface area is 119 Å². The molecule has 0 bridgehead atoms. The Kier molecular flexibility index (Phi) is 4.71. The molecular formula is C15H21N3O2. The lowest BCUT2D eigenvalue weighted by atomic mass is 10.1. The van der Waals surface area contributed by atoms with Crippen LogP contribution in [0.2, 0.25) is 0 Å². The van der Waals surface area contributed by atoms with Crippen molar-refractivity contribution >= 4 is 11.8 Å². The lowest BCUT2D eigenvalue weighted by Crippen LogP contribution is -2.33. The molecule has 0 radical (unpaired) electrons. The number of amides is 2. The Balaban J connectivity index is 1.83. The third-order valence-corrected chi connectivity index (χ3v) is 3.36. The molecule has 2 amide bonds. The van der Waals surface area contributed by atoms with Gasteiger partial charge in [-0.2, -0.15) is 0 Å². The first-order valence-electron chi connectivity index (χ1n) is 7.00. The number of aromatic nitrogens is 1. The van der Waals surface area contributed by atoms with Crippen molar-refractivity contribution < 1.29 is 9.59 Å². The highest BCUT2D eigenvalue weighted by Gasteiger charge is 2.34. The maximum atomic E-state index is 12.1. The van der Waals surface area contributed by atoms with Crippen LogP contribution in [0.25, 0.3) is 0 Å². The average Bonchev–Trinajstić information content (AvgIpc) is 2.78. The lowest BCUT2D eigenvalue weighted by molar-refractivity contribution is -0.129. The molecule has 1 saturated heterocycles. The number of nitrogens with zero attached hydrogens (tertiary/aromatic N) is 2. The van der Waals surface area contributed by atoms with Crippen LogP contribution in [0.3, 0.4) is 0 Å². The van der Waals surface area contributed by atoms with Gasteiger partial charge in [-0.05, 0) is 17.5 Å². The number of carbonyl (C=O) groups is 2. The van der Waals surface area contributed by atoms with Gasteiger partial charge in [0, 0.05) is 38.4 Å².